The minimum Gasteiger partial charge on any atom is -0.164 e. The van der Waals surface area contributed by atoms with Crippen LogP contribution in [0.1, 0.15) is 57.4 Å². The first-order valence-electron chi connectivity index (χ1n) is 9.05. The van der Waals surface area contributed by atoms with Crippen LogP contribution in [0.4, 0.5) is 0 Å². The molecule has 2 aromatic rings. The van der Waals surface area contributed by atoms with Gasteiger partial charge in [-0.05, 0) is 42.2 Å². The largest absolute Gasteiger partial charge is 0.218 e. The summed E-state index contributed by atoms with van der Waals surface area (Å²) in [5.74, 6) is 0. The number of pyridine rings is 1. The number of fused-ring (bicyclic) bond motifs is 4. The maximum Gasteiger partial charge on any atom is 0.218 e. The van der Waals surface area contributed by atoms with Crippen LogP contribution in [0.5, 0.6) is 0 Å². The zero-order valence-corrected chi connectivity index (χ0v) is 15.2. The minimum atomic E-state index is 0.0247. The zero-order valence-electron chi connectivity index (χ0n) is 15.2. The summed E-state index contributed by atoms with van der Waals surface area (Å²) in [6.45, 7) is 14.0. The summed E-state index contributed by atoms with van der Waals surface area (Å²) in [6.07, 6.45) is 4.34. The Kier molecular flexibility index (Phi) is 3.16. The Labute approximate surface area is 145 Å². The molecule has 1 aromatic carbocycles. The van der Waals surface area contributed by atoms with Gasteiger partial charge in [-0.2, -0.15) is 4.57 Å². The van der Waals surface area contributed by atoms with Crippen molar-refractivity contribution in [3.05, 3.63) is 77.6 Å². The lowest BCUT2D eigenvalue weighted by atomic mass is 9.61. The molecule has 1 heteroatoms. The molecule has 0 amide bonds. The number of hydrogen-bond acceptors (Lipinski definition) is 0. The molecule has 4 rings (SSSR count). The van der Waals surface area contributed by atoms with Crippen LogP contribution in [0.3, 0.4) is 0 Å². The molecule has 1 aliphatic heterocycles. The van der Waals surface area contributed by atoms with E-state index < -0.39 is 0 Å². The standard InChI is InChI=1S/C23H26N/c1-6-23(7-2)16(3)24-15-11-10-14-19(24)20-17-12-8-9-13-18(17)22(4,5)21(20)23/h8-15H,3,6-7H2,1-2,4-5H3/q+1. The van der Waals surface area contributed by atoms with Crippen LogP contribution in [0, 0.1) is 5.41 Å². The van der Waals surface area contributed by atoms with Gasteiger partial charge in [0.15, 0.2) is 11.9 Å². The number of aromatic nitrogens is 1. The molecule has 0 saturated carbocycles. The average molecular weight is 316 g/mol. The molecule has 0 bridgehead atoms. The predicted octanol–water partition coefficient (Wildman–Crippen LogP) is 5.36. The zero-order chi connectivity index (χ0) is 17.1. The van der Waals surface area contributed by atoms with Crippen molar-refractivity contribution in [2.24, 2.45) is 5.41 Å². The summed E-state index contributed by atoms with van der Waals surface area (Å²) in [6, 6.07) is 15.4. The Hall–Kier alpha value is -2.15. The predicted molar refractivity (Wildman–Crippen MR) is 100 cm³/mol. The third kappa shape index (κ3) is 1.63. The van der Waals surface area contributed by atoms with Gasteiger partial charge < -0.3 is 0 Å². The molecule has 0 fully saturated rings. The third-order valence-electron chi connectivity index (χ3n) is 6.39. The number of allylic oxidation sites excluding steroid dienone is 2. The lowest BCUT2D eigenvalue weighted by molar-refractivity contribution is -0.593. The van der Waals surface area contributed by atoms with Gasteiger partial charge in [0.25, 0.3) is 0 Å². The quantitative estimate of drug-likeness (QED) is 0.657. The molecule has 2 aliphatic rings. The second-order valence-electron chi connectivity index (χ2n) is 7.61. The summed E-state index contributed by atoms with van der Waals surface area (Å²) >= 11 is 0. The highest BCUT2D eigenvalue weighted by Crippen LogP contribution is 2.60. The third-order valence-corrected chi connectivity index (χ3v) is 6.39. The number of nitrogens with zero attached hydrogens (tertiary/aromatic N) is 1. The molecular weight excluding hydrogens is 290 g/mol. The van der Waals surface area contributed by atoms with Gasteiger partial charge in [0.2, 0.25) is 5.69 Å². The van der Waals surface area contributed by atoms with Gasteiger partial charge in [-0.25, -0.2) is 0 Å². The molecule has 0 N–H and O–H groups in total. The van der Waals surface area contributed by atoms with E-state index in [1.54, 1.807) is 5.57 Å². The molecule has 122 valence electrons. The van der Waals surface area contributed by atoms with E-state index in [0.717, 1.165) is 12.8 Å². The fraction of sp³-hybridized carbons (Fsp3) is 0.348. The summed E-state index contributed by atoms with van der Waals surface area (Å²) in [7, 11) is 0. The number of hydrogen-bond donors (Lipinski definition) is 0. The summed E-state index contributed by atoms with van der Waals surface area (Å²) in [5, 5.41) is 0. The van der Waals surface area contributed by atoms with Crippen LogP contribution in [0.2, 0.25) is 0 Å². The van der Waals surface area contributed by atoms with Gasteiger partial charge in [-0.3, -0.25) is 0 Å². The number of benzene rings is 1. The van der Waals surface area contributed by atoms with Gasteiger partial charge in [0.1, 0.15) is 0 Å². The smallest absolute Gasteiger partial charge is 0.164 e. The lowest BCUT2D eigenvalue weighted by Crippen LogP contribution is -2.50. The molecular formula is C23H26N+. The van der Waals surface area contributed by atoms with Crippen LogP contribution in [-0.2, 0) is 5.41 Å². The summed E-state index contributed by atoms with van der Waals surface area (Å²) in [4.78, 5) is 0. The van der Waals surface area contributed by atoms with Crippen LogP contribution >= 0.6 is 0 Å². The van der Waals surface area contributed by atoms with E-state index in [9.17, 15) is 0 Å². The number of rotatable bonds is 2. The molecule has 0 unspecified atom stereocenters. The van der Waals surface area contributed by atoms with Gasteiger partial charge in [-0.15, -0.1) is 0 Å². The second-order valence-corrected chi connectivity index (χ2v) is 7.61. The Balaban J connectivity index is 2.18. The van der Waals surface area contributed by atoms with E-state index in [4.69, 9.17) is 0 Å². The van der Waals surface area contributed by atoms with Crippen molar-refractivity contribution in [2.75, 3.05) is 0 Å². The van der Waals surface area contributed by atoms with Crippen molar-refractivity contribution >= 4 is 11.3 Å². The Morgan fingerprint density at radius 2 is 1.62 bits per heavy atom. The molecule has 1 aromatic heterocycles. The molecule has 2 heterocycles. The second kappa shape index (κ2) is 4.92. The van der Waals surface area contributed by atoms with Crippen molar-refractivity contribution in [3.63, 3.8) is 0 Å². The topological polar surface area (TPSA) is 3.88 Å². The van der Waals surface area contributed by atoms with Crippen molar-refractivity contribution in [3.8, 4) is 0 Å². The molecule has 0 spiro atoms. The fourth-order valence-electron chi connectivity index (χ4n) is 5.20. The molecule has 1 aliphatic carbocycles. The van der Waals surface area contributed by atoms with Crippen LogP contribution < -0.4 is 4.57 Å². The first kappa shape index (κ1) is 15.4. The van der Waals surface area contributed by atoms with Crippen molar-refractivity contribution in [2.45, 2.75) is 46.0 Å². The fourth-order valence-corrected chi connectivity index (χ4v) is 5.20. The van der Waals surface area contributed by atoms with Crippen molar-refractivity contribution in [1.82, 2.24) is 0 Å². The Morgan fingerprint density at radius 1 is 0.958 bits per heavy atom. The molecule has 24 heavy (non-hydrogen) atoms. The first-order chi connectivity index (χ1) is 11.5. The van der Waals surface area contributed by atoms with E-state index in [-0.39, 0.29) is 10.8 Å². The van der Waals surface area contributed by atoms with E-state index in [2.05, 4.69) is 87.5 Å². The highest BCUT2D eigenvalue weighted by atomic mass is 15.0. The summed E-state index contributed by atoms with van der Waals surface area (Å²) < 4.78 is 2.32. The molecule has 1 nitrogen and oxygen atoms in total. The van der Waals surface area contributed by atoms with Crippen LogP contribution in [0.25, 0.3) is 11.3 Å². The molecule has 0 radical (unpaired) electrons. The van der Waals surface area contributed by atoms with Gasteiger partial charge in [0, 0.05) is 17.5 Å². The SMILES string of the molecule is C=C1[n+]2ccccc2C2=C(C1(CC)CC)C(C)(C)c1ccccc12. The highest BCUT2D eigenvalue weighted by molar-refractivity contribution is 5.91. The van der Waals surface area contributed by atoms with E-state index in [0.29, 0.717) is 0 Å². The van der Waals surface area contributed by atoms with E-state index in [1.807, 2.05) is 0 Å². The average Bonchev–Trinajstić information content (AvgIpc) is 2.85. The van der Waals surface area contributed by atoms with Crippen molar-refractivity contribution < 1.29 is 4.57 Å². The van der Waals surface area contributed by atoms with Gasteiger partial charge >= 0.3 is 0 Å². The molecule has 0 atom stereocenters. The summed E-state index contributed by atoms with van der Waals surface area (Å²) in [5.41, 5.74) is 8.43. The maximum atomic E-state index is 4.57. The van der Waals surface area contributed by atoms with E-state index >= 15 is 0 Å². The van der Waals surface area contributed by atoms with Crippen LogP contribution in [0.15, 0.2) is 60.8 Å². The van der Waals surface area contributed by atoms with E-state index in [1.165, 1.54) is 28.1 Å². The van der Waals surface area contributed by atoms with Gasteiger partial charge in [-0.1, -0.05) is 52.0 Å². The maximum absolute atomic E-state index is 4.57. The highest BCUT2D eigenvalue weighted by Gasteiger charge is 2.55. The Bertz CT molecular complexity index is 878. The Morgan fingerprint density at radius 3 is 2.33 bits per heavy atom. The normalized spacial score (nSPS) is 19.8. The first-order valence-corrected chi connectivity index (χ1v) is 9.05. The minimum absolute atomic E-state index is 0.0247. The monoisotopic (exact) mass is 316 g/mol. The van der Waals surface area contributed by atoms with Crippen LogP contribution in [-0.4, -0.2) is 0 Å². The van der Waals surface area contributed by atoms with Crippen molar-refractivity contribution in [1.29, 1.82) is 0 Å². The molecule has 0 saturated heterocycles. The lowest BCUT2D eigenvalue weighted by Gasteiger charge is -2.41. The van der Waals surface area contributed by atoms with Gasteiger partial charge in [0.05, 0.1) is 11.0 Å².